The molecule has 0 atom stereocenters. The number of hydrogen-bond acceptors (Lipinski definition) is 4. The Bertz CT molecular complexity index is 403. The van der Waals surface area contributed by atoms with E-state index in [1.165, 1.54) is 51.5 Å². The monoisotopic (exact) mass is 278 g/mol. The van der Waals surface area contributed by atoms with E-state index in [1.807, 2.05) is 6.07 Å². The second-order valence-corrected chi connectivity index (χ2v) is 5.13. The molecule has 3 rings (SSSR count). The highest BCUT2D eigenvalue weighted by Crippen LogP contribution is 2.31. The van der Waals surface area contributed by atoms with Crippen molar-refractivity contribution in [1.82, 2.24) is 4.90 Å². The van der Waals surface area contributed by atoms with Crippen LogP contribution in [0.3, 0.4) is 0 Å². The molecule has 4 nitrogen and oxygen atoms in total. The van der Waals surface area contributed by atoms with E-state index in [4.69, 9.17) is 9.47 Å². The summed E-state index contributed by atoms with van der Waals surface area (Å²) in [7, 11) is 1.50. The molecule has 0 radical (unpaired) electrons. The zero-order chi connectivity index (χ0) is 14.2. The number of rotatable bonds is 4. The van der Waals surface area contributed by atoms with Gasteiger partial charge in [0.2, 0.25) is 0 Å². The Morgan fingerprint density at radius 1 is 1.05 bits per heavy atom. The van der Waals surface area contributed by atoms with Crippen molar-refractivity contribution < 1.29 is 9.47 Å². The predicted octanol–water partition coefficient (Wildman–Crippen LogP) is 2.06. The molecule has 1 fully saturated rings. The topological polar surface area (TPSA) is 47.7 Å². The van der Waals surface area contributed by atoms with E-state index in [-0.39, 0.29) is 0 Å². The summed E-state index contributed by atoms with van der Waals surface area (Å²) in [6.07, 6.45) is 5.13. The molecule has 0 amide bonds. The quantitative estimate of drug-likeness (QED) is 0.916. The van der Waals surface area contributed by atoms with Crippen LogP contribution in [0.15, 0.2) is 18.2 Å². The molecule has 20 heavy (non-hydrogen) atoms. The lowest BCUT2D eigenvalue weighted by Gasteiger charge is -2.19. The Labute approximate surface area is 121 Å². The smallest absolute Gasteiger partial charge is 0.161 e. The highest BCUT2D eigenvalue weighted by Gasteiger charge is 2.13. The number of nitrogens with zero attached hydrogens (tertiary/aromatic N) is 1. The van der Waals surface area contributed by atoms with Crippen LogP contribution in [0.25, 0.3) is 0 Å². The second-order valence-electron chi connectivity index (χ2n) is 5.13. The average molecular weight is 278 g/mol. The van der Waals surface area contributed by atoms with Crippen molar-refractivity contribution in [3.05, 3.63) is 23.8 Å². The number of likely N-dealkylation sites (tertiary alicyclic amines) is 1. The molecule has 0 aliphatic carbocycles. The lowest BCUT2D eigenvalue weighted by molar-refractivity contribution is 0.171. The van der Waals surface area contributed by atoms with E-state index in [2.05, 4.69) is 22.8 Å². The molecule has 112 valence electrons. The molecule has 2 heterocycles. The second kappa shape index (κ2) is 8.12. The van der Waals surface area contributed by atoms with Crippen molar-refractivity contribution in [1.29, 1.82) is 0 Å². The van der Waals surface area contributed by atoms with E-state index in [9.17, 15) is 0 Å². The molecule has 4 heteroatoms. The van der Waals surface area contributed by atoms with Gasteiger partial charge in [0.15, 0.2) is 11.5 Å². The summed E-state index contributed by atoms with van der Waals surface area (Å²) in [5.41, 5.74) is 5.86. The number of aryl methyl sites for hydroxylation is 1. The van der Waals surface area contributed by atoms with Gasteiger partial charge in [0, 0.05) is 0 Å². The third-order valence-corrected chi connectivity index (χ3v) is 3.75. The Morgan fingerprint density at radius 3 is 2.50 bits per heavy atom. The molecule has 0 unspecified atom stereocenters. The molecule has 0 spiro atoms. The minimum atomic E-state index is 0.668. The number of nitrogens with two attached hydrogens (primary N) is 1. The van der Waals surface area contributed by atoms with Crippen molar-refractivity contribution in [3.8, 4) is 11.5 Å². The zero-order valence-corrected chi connectivity index (χ0v) is 12.4. The van der Waals surface area contributed by atoms with Gasteiger partial charge in [-0.2, -0.15) is 0 Å². The van der Waals surface area contributed by atoms with Crippen LogP contribution in [-0.4, -0.2) is 44.8 Å². The Morgan fingerprint density at radius 2 is 1.75 bits per heavy atom. The fourth-order valence-electron chi connectivity index (χ4n) is 2.76. The lowest BCUT2D eigenvalue weighted by atomic mass is 10.1. The van der Waals surface area contributed by atoms with Crippen molar-refractivity contribution in [2.45, 2.75) is 25.7 Å². The number of benzene rings is 1. The molecule has 1 aromatic carbocycles. The summed E-state index contributed by atoms with van der Waals surface area (Å²) < 4.78 is 11.1. The maximum atomic E-state index is 5.61. The van der Waals surface area contributed by atoms with Crippen LogP contribution in [-0.2, 0) is 6.42 Å². The third-order valence-electron chi connectivity index (χ3n) is 3.75. The summed E-state index contributed by atoms with van der Waals surface area (Å²) >= 11 is 0. The number of fused-ring (bicyclic) bond motifs is 1. The third kappa shape index (κ3) is 4.12. The standard InChI is InChI=1S/C15H21NO2.CH5N/c1-2-8-16(7-1)9-3-4-13-5-6-14-15(12-13)18-11-10-17-14;1-2/h5-6,12H,1-4,7-11H2;2H2,1H3. The maximum Gasteiger partial charge on any atom is 0.161 e. The molecule has 1 aromatic rings. The molecule has 0 aromatic heterocycles. The highest BCUT2D eigenvalue weighted by molar-refractivity contribution is 5.43. The number of ether oxygens (including phenoxy) is 2. The van der Waals surface area contributed by atoms with Crippen LogP contribution in [0.5, 0.6) is 11.5 Å². The first-order chi connectivity index (χ1) is 9.92. The van der Waals surface area contributed by atoms with Gasteiger partial charge in [0.25, 0.3) is 0 Å². The first-order valence-electron chi connectivity index (χ1n) is 7.60. The predicted molar refractivity (Wildman–Crippen MR) is 81.5 cm³/mol. The van der Waals surface area contributed by atoms with Gasteiger partial charge in [-0.25, -0.2) is 0 Å². The van der Waals surface area contributed by atoms with Crippen molar-refractivity contribution in [2.75, 3.05) is 39.9 Å². The van der Waals surface area contributed by atoms with Gasteiger partial charge in [0.05, 0.1) is 0 Å². The summed E-state index contributed by atoms with van der Waals surface area (Å²) in [5.74, 6) is 1.81. The van der Waals surface area contributed by atoms with Crippen molar-refractivity contribution in [2.24, 2.45) is 5.73 Å². The van der Waals surface area contributed by atoms with E-state index in [0.717, 1.165) is 17.9 Å². The van der Waals surface area contributed by atoms with Crippen LogP contribution in [0.1, 0.15) is 24.8 Å². The van der Waals surface area contributed by atoms with Crippen LogP contribution < -0.4 is 15.2 Å². The Kier molecular flexibility index (Phi) is 6.15. The first-order valence-corrected chi connectivity index (χ1v) is 7.60. The van der Waals surface area contributed by atoms with E-state index < -0.39 is 0 Å². The maximum absolute atomic E-state index is 5.61. The van der Waals surface area contributed by atoms with Crippen LogP contribution in [0.2, 0.25) is 0 Å². The number of hydrogen-bond donors (Lipinski definition) is 1. The van der Waals surface area contributed by atoms with Gasteiger partial charge in [0.1, 0.15) is 13.2 Å². The SMILES string of the molecule is CN.c1cc2c(cc1CCCN1CCCC1)OCCO2. The fourth-order valence-corrected chi connectivity index (χ4v) is 2.76. The van der Waals surface area contributed by atoms with Gasteiger partial charge < -0.3 is 20.1 Å². The zero-order valence-electron chi connectivity index (χ0n) is 12.4. The van der Waals surface area contributed by atoms with Crippen molar-refractivity contribution >= 4 is 0 Å². The summed E-state index contributed by atoms with van der Waals surface area (Å²) in [5, 5.41) is 0. The summed E-state index contributed by atoms with van der Waals surface area (Å²) in [6, 6.07) is 6.34. The molecule has 0 saturated carbocycles. The minimum absolute atomic E-state index is 0.668. The Balaban J connectivity index is 0.000000704. The van der Waals surface area contributed by atoms with Crippen LogP contribution in [0, 0.1) is 0 Å². The normalized spacial score (nSPS) is 17.5. The van der Waals surface area contributed by atoms with E-state index in [1.54, 1.807) is 0 Å². The van der Waals surface area contributed by atoms with Gasteiger partial charge in [-0.3, -0.25) is 0 Å². The van der Waals surface area contributed by atoms with Gasteiger partial charge >= 0.3 is 0 Å². The summed E-state index contributed by atoms with van der Waals surface area (Å²) in [4.78, 5) is 2.57. The van der Waals surface area contributed by atoms with Crippen LogP contribution in [0.4, 0.5) is 0 Å². The molecular weight excluding hydrogens is 252 g/mol. The summed E-state index contributed by atoms with van der Waals surface area (Å²) in [6.45, 7) is 5.16. The minimum Gasteiger partial charge on any atom is -0.486 e. The largest absolute Gasteiger partial charge is 0.486 e. The first kappa shape index (κ1) is 15.1. The van der Waals surface area contributed by atoms with Gasteiger partial charge in [-0.05, 0) is 70.1 Å². The molecule has 2 N–H and O–H groups in total. The fraction of sp³-hybridized carbons (Fsp3) is 0.625. The van der Waals surface area contributed by atoms with E-state index in [0.29, 0.717) is 13.2 Å². The molecule has 1 saturated heterocycles. The molecule has 2 aliphatic rings. The highest BCUT2D eigenvalue weighted by atomic mass is 16.6. The molecule has 2 aliphatic heterocycles. The van der Waals surface area contributed by atoms with E-state index >= 15 is 0 Å². The van der Waals surface area contributed by atoms with Crippen LogP contribution >= 0.6 is 0 Å². The average Bonchev–Trinajstić information content (AvgIpc) is 3.02. The van der Waals surface area contributed by atoms with Crippen molar-refractivity contribution in [3.63, 3.8) is 0 Å². The van der Waals surface area contributed by atoms with Gasteiger partial charge in [-0.15, -0.1) is 0 Å². The molecule has 0 bridgehead atoms. The molecular formula is C16H26N2O2. The Hall–Kier alpha value is -1.26. The lowest BCUT2D eigenvalue weighted by Crippen LogP contribution is -2.20. The van der Waals surface area contributed by atoms with Gasteiger partial charge in [-0.1, -0.05) is 6.07 Å².